The molecule has 1 aromatic rings. The fourth-order valence-corrected chi connectivity index (χ4v) is 2.96. The van der Waals surface area contributed by atoms with Gasteiger partial charge >= 0.3 is 0 Å². The lowest BCUT2D eigenvalue weighted by atomic mass is 10.1. The highest BCUT2D eigenvalue weighted by Gasteiger charge is 2.17. The van der Waals surface area contributed by atoms with Crippen LogP contribution in [0.15, 0.2) is 29.2 Å². The van der Waals surface area contributed by atoms with Crippen LogP contribution in [-0.2, 0) is 10.0 Å². The van der Waals surface area contributed by atoms with Gasteiger partial charge in [0.05, 0.1) is 4.90 Å². The van der Waals surface area contributed by atoms with E-state index in [2.05, 4.69) is 4.72 Å². The van der Waals surface area contributed by atoms with Crippen LogP contribution in [0.5, 0.6) is 0 Å². The third-order valence-electron chi connectivity index (χ3n) is 2.31. The Labute approximate surface area is 102 Å². The monoisotopic (exact) mass is 259 g/mol. The van der Waals surface area contributed by atoms with E-state index < -0.39 is 15.8 Å². The van der Waals surface area contributed by atoms with Crippen LogP contribution < -0.4 is 4.72 Å². The molecule has 0 aliphatic carbocycles. The SMILES string of the molecule is CC(C)C[C@@H](C)NS(=O)(=O)c1ccc(F)cc1. The average molecular weight is 259 g/mol. The van der Waals surface area contributed by atoms with Crippen molar-refractivity contribution >= 4 is 10.0 Å². The highest BCUT2D eigenvalue weighted by atomic mass is 32.2. The van der Waals surface area contributed by atoms with Crippen molar-refractivity contribution in [1.29, 1.82) is 0 Å². The average Bonchev–Trinajstić information content (AvgIpc) is 2.15. The minimum atomic E-state index is -3.54. The van der Waals surface area contributed by atoms with Gasteiger partial charge in [-0.3, -0.25) is 0 Å². The number of nitrogens with one attached hydrogen (secondary N) is 1. The molecule has 1 aromatic carbocycles. The zero-order valence-electron chi connectivity index (χ0n) is 10.3. The molecule has 0 amide bonds. The molecule has 0 aliphatic heterocycles. The highest BCUT2D eigenvalue weighted by molar-refractivity contribution is 7.89. The fourth-order valence-electron chi connectivity index (χ4n) is 1.70. The maximum absolute atomic E-state index is 12.7. The molecule has 1 rings (SSSR count). The molecule has 5 heteroatoms. The van der Waals surface area contributed by atoms with Gasteiger partial charge in [0.2, 0.25) is 10.0 Å². The van der Waals surface area contributed by atoms with Gasteiger partial charge in [-0.1, -0.05) is 13.8 Å². The minimum absolute atomic E-state index is 0.0921. The first-order chi connectivity index (χ1) is 7.81. The second-order valence-corrected chi connectivity index (χ2v) is 6.32. The zero-order chi connectivity index (χ0) is 13.1. The van der Waals surface area contributed by atoms with Gasteiger partial charge in [-0.15, -0.1) is 0 Å². The Kier molecular flexibility index (Phi) is 4.65. The molecular weight excluding hydrogens is 241 g/mol. The van der Waals surface area contributed by atoms with Gasteiger partial charge in [0, 0.05) is 6.04 Å². The molecule has 0 unspecified atom stereocenters. The molecule has 17 heavy (non-hydrogen) atoms. The number of hydrogen-bond acceptors (Lipinski definition) is 2. The summed E-state index contributed by atoms with van der Waals surface area (Å²) in [6.07, 6.45) is 0.764. The van der Waals surface area contributed by atoms with Crippen molar-refractivity contribution in [1.82, 2.24) is 4.72 Å². The van der Waals surface area contributed by atoms with Crippen molar-refractivity contribution in [3.8, 4) is 0 Å². The van der Waals surface area contributed by atoms with E-state index in [1.807, 2.05) is 20.8 Å². The molecule has 0 aromatic heterocycles. The molecule has 0 radical (unpaired) electrons. The van der Waals surface area contributed by atoms with Gasteiger partial charge in [0.15, 0.2) is 0 Å². The molecule has 0 saturated heterocycles. The molecule has 0 spiro atoms. The number of benzene rings is 1. The highest BCUT2D eigenvalue weighted by Crippen LogP contribution is 2.12. The first-order valence-electron chi connectivity index (χ1n) is 5.59. The summed E-state index contributed by atoms with van der Waals surface area (Å²) in [5, 5.41) is 0. The van der Waals surface area contributed by atoms with E-state index in [1.54, 1.807) is 0 Å². The Bertz CT molecular complexity index is 454. The second-order valence-electron chi connectivity index (χ2n) is 4.61. The molecule has 0 fully saturated rings. The van der Waals surface area contributed by atoms with Crippen LogP contribution in [0.3, 0.4) is 0 Å². The summed E-state index contributed by atoms with van der Waals surface area (Å²) < 4.78 is 39.1. The van der Waals surface area contributed by atoms with Crippen LogP contribution in [0.1, 0.15) is 27.2 Å². The van der Waals surface area contributed by atoms with Crippen LogP contribution in [0.2, 0.25) is 0 Å². The summed E-state index contributed by atoms with van der Waals surface area (Å²) in [5.41, 5.74) is 0. The van der Waals surface area contributed by atoms with Gasteiger partial charge < -0.3 is 0 Å². The summed E-state index contributed by atoms with van der Waals surface area (Å²) in [6, 6.07) is 4.67. The Hall–Kier alpha value is -0.940. The van der Waals surface area contributed by atoms with E-state index in [4.69, 9.17) is 0 Å². The summed E-state index contributed by atoms with van der Waals surface area (Å²) in [4.78, 5) is 0.0921. The second kappa shape index (κ2) is 5.60. The van der Waals surface area contributed by atoms with Gasteiger partial charge in [-0.25, -0.2) is 17.5 Å². The smallest absolute Gasteiger partial charge is 0.208 e. The lowest BCUT2D eigenvalue weighted by Crippen LogP contribution is -2.33. The maximum atomic E-state index is 12.7. The van der Waals surface area contributed by atoms with E-state index >= 15 is 0 Å². The van der Waals surface area contributed by atoms with E-state index in [9.17, 15) is 12.8 Å². The summed E-state index contributed by atoms with van der Waals surface area (Å²) in [7, 11) is -3.54. The van der Waals surface area contributed by atoms with Crippen molar-refractivity contribution in [2.45, 2.75) is 38.1 Å². The third-order valence-corrected chi connectivity index (χ3v) is 3.91. The van der Waals surface area contributed by atoms with E-state index in [-0.39, 0.29) is 10.9 Å². The van der Waals surface area contributed by atoms with Crippen molar-refractivity contribution in [3.63, 3.8) is 0 Å². The quantitative estimate of drug-likeness (QED) is 0.883. The molecule has 0 saturated carbocycles. The van der Waals surface area contributed by atoms with Gasteiger partial charge in [0.1, 0.15) is 5.82 Å². The van der Waals surface area contributed by atoms with Crippen LogP contribution in [0, 0.1) is 11.7 Å². The fraction of sp³-hybridized carbons (Fsp3) is 0.500. The lowest BCUT2D eigenvalue weighted by Gasteiger charge is -2.16. The van der Waals surface area contributed by atoms with Crippen LogP contribution in [0.25, 0.3) is 0 Å². The van der Waals surface area contributed by atoms with Crippen molar-refractivity contribution in [3.05, 3.63) is 30.1 Å². The van der Waals surface area contributed by atoms with E-state index in [0.717, 1.165) is 18.6 Å². The summed E-state index contributed by atoms with van der Waals surface area (Å²) in [6.45, 7) is 5.88. The largest absolute Gasteiger partial charge is 0.240 e. The Morgan fingerprint density at radius 2 is 1.71 bits per heavy atom. The molecular formula is C12H18FNO2S. The molecule has 0 bridgehead atoms. The molecule has 1 atom stereocenters. The molecule has 0 heterocycles. The maximum Gasteiger partial charge on any atom is 0.240 e. The number of hydrogen-bond donors (Lipinski definition) is 1. The van der Waals surface area contributed by atoms with Crippen molar-refractivity contribution < 1.29 is 12.8 Å². The Morgan fingerprint density at radius 1 is 1.18 bits per heavy atom. The molecule has 0 aliphatic rings. The van der Waals surface area contributed by atoms with Crippen LogP contribution in [0.4, 0.5) is 4.39 Å². The minimum Gasteiger partial charge on any atom is -0.208 e. The lowest BCUT2D eigenvalue weighted by molar-refractivity contribution is 0.482. The Balaban J connectivity index is 2.78. The number of sulfonamides is 1. The number of halogens is 1. The van der Waals surface area contributed by atoms with Crippen molar-refractivity contribution in [2.75, 3.05) is 0 Å². The first-order valence-corrected chi connectivity index (χ1v) is 7.07. The van der Waals surface area contributed by atoms with E-state index in [1.165, 1.54) is 12.1 Å². The predicted molar refractivity (Wildman–Crippen MR) is 65.6 cm³/mol. The van der Waals surface area contributed by atoms with Crippen LogP contribution >= 0.6 is 0 Å². The van der Waals surface area contributed by atoms with Crippen LogP contribution in [-0.4, -0.2) is 14.5 Å². The molecule has 3 nitrogen and oxygen atoms in total. The Morgan fingerprint density at radius 3 is 2.18 bits per heavy atom. The normalized spacial score (nSPS) is 13.9. The number of rotatable bonds is 5. The topological polar surface area (TPSA) is 46.2 Å². The molecule has 96 valence electrons. The summed E-state index contributed by atoms with van der Waals surface area (Å²) in [5.74, 6) is -0.0277. The third kappa shape index (κ3) is 4.44. The van der Waals surface area contributed by atoms with Gasteiger partial charge in [-0.05, 0) is 43.5 Å². The molecule has 1 N–H and O–H groups in total. The van der Waals surface area contributed by atoms with Crippen molar-refractivity contribution in [2.24, 2.45) is 5.92 Å². The van der Waals surface area contributed by atoms with Gasteiger partial charge in [-0.2, -0.15) is 0 Å². The van der Waals surface area contributed by atoms with E-state index in [0.29, 0.717) is 5.92 Å². The zero-order valence-corrected chi connectivity index (χ0v) is 11.1. The summed E-state index contributed by atoms with van der Waals surface area (Å²) >= 11 is 0. The first kappa shape index (κ1) is 14.1. The predicted octanol–water partition coefficient (Wildman–Crippen LogP) is 2.54. The standard InChI is InChI=1S/C12H18FNO2S/c1-9(2)8-10(3)14-17(15,16)12-6-4-11(13)5-7-12/h4-7,9-10,14H,8H2,1-3H3/t10-/m1/s1. The van der Waals surface area contributed by atoms with Gasteiger partial charge in [0.25, 0.3) is 0 Å².